The second-order valence-electron chi connectivity index (χ2n) is 7.99. The lowest BCUT2D eigenvalue weighted by atomic mass is 9.94. The Hall–Kier alpha value is -4.04. The Morgan fingerprint density at radius 3 is 2.78 bits per heavy atom. The van der Waals surface area contributed by atoms with Gasteiger partial charge in [0.25, 0.3) is 0 Å². The summed E-state index contributed by atoms with van der Waals surface area (Å²) >= 11 is 0. The van der Waals surface area contributed by atoms with Gasteiger partial charge in [-0.15, -0.1) is 0 Å². The summed E-state index contributed by atoms with van der Waals surface area (Å²) in [5.41, 5.74) is 9.31. The first-order valence-corrected chi connectivity index (χ1v) is 10.5. The van der Waals surface area contributed by atoms with Gasteiger partial charge in [0.15, 0.2) is 5.65 Å². The molecular formula is C27H27N5. The van der Waals surface area contributed by atoms with Crippen molar-refractivity contribution in [2.75, 3.05) is 6.54 Å². The minimum Gasteiger partial charge on any atom is -0.379 e. The number of aryl methyl sites for hydroxylation is 1. The van der Waals surface area contributed by atoms with Gasteiger partial charge >= 0.3 is 0 Å². The van der Waals surface area contributed by atoms with E-state index in [2.05, 4.69) is 65.9 Å². The fourth-order valence-corrected chi connectivity index (χ4v) is 3.57. The van der Waals surface area contributed by atoms with Crippen LogP contribution in [0.5, 0.6) is 0 Å². The van der Waals surface area contributed by atoms with Crippen molar-refractivity contribution in [2.45, 2.75) is 26.7 Å². The van der Waals surface area contributed by atoms with Crippen LogP contribution in [0.25, 0.3) is 16.9 Å². The van der Waals surface area contributed by atoms with Gasteiger partial charge < -0.3 is 10.6 Å². The van der Waals surface area contributed by atoms with Crippen LogP contribution in [-0.2, 0) is 0 Å². The van der Waals surface area contributed by atoms with Gasteiger partial charge in [0.2, 0.25) is 0 Å². The number of nitrogens with one attached hydrogen (secondary N) is 2. The number of aromatic nitrogens is 3. The number of imidazole rings is 1. The lowest BCUT2D eigenvalue weighted by Gasteiger charge is -2.23. The molecule has 0 aliphatic heterocycles. The van der Waals surface area contributed by atoms with Crippen molar-refractivity contribution in [3.8, 4) is 11.8 Å². The van der Waals surface area contributed by atoms with E-state index in [1.54, 1.807) is 6.20 Å². The van der Waals surface area contributed by atoms with E-state index in [1.807, 2.05) is 30.4 Å². The van der Waals surface area contributed by atoms with Gasteiger partial charge in [0.1, 0.15) is 5.82 Å². The quantitative estimate of drug-likeness (QED) is 0.628. The van der Waals surface area contributed by atoms with Crippen LogP contribution in [0.1, 0.15) is 37.0 Å². The van der Waals surface area contributed by atoms with Gasteiger partial charge in [0, 0.05) is 36.4 Å². The highest BCUT2D eigenvalue weighted by Crippen LogP contribution is 2.28. The molecular weight excluding hydrogens is 394 g/mol. The summed E-state index contributed by atoms with van der Waals surface area (Å²) in [6.45, 7) is 20.8. The van der Waals surface area contributed by atoms with Gasteiger partial charge in [-0.3, -0.25) is 4.40 Å². The van der Waals surface area contributed by atoms with Crippen LogP contribution in [0, 0.1) is 18.8 Å². The zero-order valence-electron chi connectivity index (χ0n) is 18.7. The van der Waals surface area contributed by atoms with Crippen LogP contribution in [-0.4, -0.2) is 20.9 Å². The molecule has 0 saturated heterocycles. The molecule has 4 rings (SSSR count). The molecule has 2 aliphatic carbocycles. The first-order chi connectivity index (χ1) is 15.3. The number of fused-ring (bicyclic) bond motifs is 1. The van der Waals surface area contributed by atoms with E-state index in [0.29, 0.717) is 13.0 Å². The number of nitrogens with zero attached hydrogens (tertiary/aromatic N) is 3. The highest BCUT2D eigenvalue weighted by molar-refractivity contribution is 5.68. The maximum atomic E-state index is 4.71. The molecule has 0 amide bonds. The molecule has 0 fully saturated rings. The van der Waals surface area contributed by atoms with Crippen molar-refractivity contribution < 1.29 is 0 Å². The van der Waals surface area contributed by atoms with E-state index in [9.17, 15) is 0 Å². The van der Waals surface area contributed by atoms with Crippen LogP contribution in [0.3, 0.4) is 0 Å². The van der Waals surface area contributed by atoms with Crippen molar-refractivity contribution in [1.82, 2.24) is 25.0 Å². The normalized spacial score (nSPS) is 18.6. The molecule has 0 radical (unpaired) electrons. The maximum Gasteiger partial charge on any atom is 0.157 e. The fourth-order valence-electron chi connectivity index (χ4n) is 3.57. The third-order valence-electron chi connectivity index (χ3n) is 5.50. The molecule has 0 bridgehead atoms. The summed E-state index contributed by atoms with van der Waals surface area (Å²) in [5.74, 6) is 7.34. The second-order valence-corrected chi connectivity index (χ2v) is 7.99. The molecule has 160 valence electrons. The Kier molecular flexibility index (Phi) is 5.70. The molecule has 2 aromatic heterocycles. The second kappa shape index (κ2) is 8.60. The average Bonchev–Trinajstić information content (AvgIpc) is 3.14. The fraction of sp³-hybridized carbons (Fsp3) is 0.185. The molecule has 5 nitrogen and oxygen atoms in total. The molecule has 0 saturated carbocycles. The molecule has 5 heteroatoms. The lowest BCUT2D eigenvalue weighted by Crippen LogP contribution is -2.20. The predicted octanol–water partition coefficient (Wildman–Crippen LogP) is 4.84. The Labute approximate surface area is 189 Å². The third-order valence-corrected chi connectivity index (χ3v) is 5.50. The Morgan fingerprint density at radius 2 is 2.06 bits per heavy atom. The van der Waals surface area contributed by atoms with Gasteiger partial charge in [-0.25, -0.2) is 9.97 Å². The van der Waals surface area contributed by atoms with E-state index in [-0.39, 0.29) is 0 Å². The van der Waals surface area contributed by atoms with Crippen LogP contribution >= 0.6 is 0 Å². The van der Waals surface area contributed by atoms with Gasteiger partial charge in [-0.05, 0) is 42.7 Å². The summed E-state index contributed by atoms with van der Waals surface area (Å²) in [5, 5.41) is 6.82. The van der Waals surface area contributed by atoms with Gasteiger partial charge in [-0.2, -0.15) is 0 Å². The number of rotatable bonds is 7. The van der Waals surface area contributed by atoms with E-state index in [4.69, 9.17) is 4.98 Å². The van der Waals surface area contributed by atoms with Crippen LogP contribution in [0.15, 0.2) is 84.9 Å². The maximum absolute atomic E-state index is 4.71. The largest absolute Gasteiger partial charge is 0.379 e. The van der Waals surface area contributed by atoms with Gasteiger partial charge in [0.05, 0.1) is 23.3 Å². The Balaban J connectivity index is 1.45. The summed E-state index contributed by atoms with van der Waals surface area (Å²) in [6, 6.07) is 2.00. The number of hydrogen-bond donors (Lipinski definition) is 2. The molecule has 0 unspecified atom stereocenters. The molecule has 0 aromatic carbocycles. The first kappa shape index (κ1) is 21.2. The summed E-state index contributed by atoms with van der Waals surface area (Å²) in [6.07, 6.45) is 9.50. The highest BCUT2D eigenvalue weighted by atomic mass is 15.1. The zero-order chi connectivity index (χ0) is 22.8. The zero-order valence-corrected chi connectivity index (χ0v) is 18.7. The molecule has 2 aliphatic rings. The summed E-state index contributed by atoms with van der Waals surface area (Å²) < 4.78 is 2.00. The SMILES string of the molecule is C=C1C=C(N/C2=C/CC#C/C(CNC(=C)c3cc(C(=C)C)n4c(C)ncc4n3)=C\C2)C1=C. The Morgan fingerprint density at radius 1 is 1.25 bits per heavy atom. The molecule has 2 aromatic rings. The van der Waals surface area contributed by atoms with E-state index >= 15 is 0 Å². The summed E-state index contributed by atoms with van der Waals surface area (Å²) in [4.78, 5) is 9.09. The molecule has 2 heterocycles. The smallest absolute Gasteiger partial charge is 0.157 e. The van der Waals surface area contributed by atoms with Crippen LogP contribution in [0.4, 0.5) is 0 Å². The molecule has 0 spiro atoms. The highest BCUT2D eigenvalue weighted by Gasteiger charge is 2.16. The third kappa shape index (κ3) is 4.21. The van der Waals surface area contributed by atoms with E-state index < -0.39 is 0 Å². The number of hydrogen-bond acceptors (Lipinski definition) is 4. The monoisotopic (exact) mass is 421 g/mol. The first-order valence-electron chi connectivity index (χ1n) is 10.5. The summed E-state index contributed by atoms with van der Waals surface area (Å²) in [7, 11) is 0. The molecule has 0 atom stereocenters. The van der Waals surface area contributed by atoms with Gasteiger partial charge in [-0.1, -0.05) is 50.3 Å². The molecule has 32 heavy (non-hydrogen) atoms. The van der Waals surface area contributed by atoms with E-state index in [0.717, 1.165) is 68.7 Å². The lowest BCUT2D eigenvalue weighted by molar-refractivity contribution is 0.898. The Bertz CT molecular complexity index is 1330. The van der Waals surface area contributed by atoms with Crippen LogP contribution < -0.4 is 10.6 Å². The van der Waals surface area contributed by atoms with Crippen molar-refractivity contribution >= 4 is 16.9 Å². The minimum atomic E-state index is 0.582. The van der Waals surface area contributed by atoms with E-state index in [1.165, 1.54) is 0 Å². The minimum absolute atomic E-state index is 0.582. The van der Waals surface area contributed by atoms with Crippen molar-refractivity contribution in [3.05, 3.63) is 102 Å². The predicted molar refractivity (Wildman–Crippen MR) is 132 cm³/mol. The standard InChI is InChI=1S/C27H27N5/c1-17(2)26-14-25(31-27-16-29-21(6)32(26)27)20(5)28-15-22-9-7-8-10-23(12-11-22)30-24-13-18(3)19(24)4/h10-11,13-14,16,28,30H,1,3-5,8,12,15H2,2,6H3/b22-11+,23-10+. The van der Waals surface area contributed by atoms with Crippen molar-refractivity contribution in [1.29, 1.82) is 0 Å². The molecule has 2 N–H and O–H groups in total. The topological polar surface area (TPSA) is 54.2 Å². The van der Waals surface area contributed by atoms with Crippen LogP contribution in [0.2, 0.25) is 0 Å². The van der Waals surface area contributed by atoms with Crippen molar-refractivity contribution in [2.24, 2.45) is 0 Å². The van der Waals surface area contributed by atoms with Crippen molar-refractivity contribution in [3.63, 3.8) is 0 Å². The average molecular weight is 422 g/mol. The number of allylic oxidation sites excluding steroid dienone is 5.